The molecule has 2 aromatic rings. The van der Waals surface area contributed by atoms with Gasteiger partial charge in [0.15, 0.2) is 6.10 Å². The molecule has 2 aliphatic rings. The van der Waals surface area contributed by atoms with Crippen LogP contribution in [0.1, 0.15) is 31.4 Å². The van der Waals surface area contributed by atoms with Crippen molar-refractivity contribution in [3.63, 3.8) is 0 Å². The predicted octanol–water partition coefficient (Wildman–Crippen LogP) is 3.43. The number of aliphatic hydroxyl groups is 1. The number of likely N-dealkylation sites (tertiary alicyclic amines) is 1. The maximum absolute atomic E-state index is 12.9. The number of benzene rings is 2. The number of aliphatic hydroxyl groups excluding tert-OH is 1. The van der Waals surface area contributed by atoms with Gasteiger partial charge < -0.3 is 14.7 Å². The standard InChI is InChI=1S/C23H25ClN2O4/c1-15-23(29)26(19-4-2-3-5-20(19)30-15)14-21(27)25-12-10-17(11-13-25)22(28)16-6-8-18(24)9-7-16/h2-9,15,17,22,28H,10-14H2,1H3. The highest BCUT2D eigenvalue weighted by molar-refractivity contribution is 6.30. The summed E-state index contributed by atoms with van der Waals surface area (Å²) < 4.78 is 5.64. The second kappa shape index (κ2) is 8.66. The molecule has 0 radical (unpaired) electrons. The first kappa shape index (κ1) is 20.7. The summed E-state index contributed by atoms with van der Waals surface area (Å²) in [4.78, 5) is 28.8. The number of hydrogen-bond donors (Lipinski definition) is 1. The van der Waals surface area contributed by atoms with Crippen LogP contribution in [0.5, 0.6) is 5.75 Å². The van der Waals surface area contributed by atoms with E-state index in [-0.39, 0.29) is 24.3 Å². The van der Waals surface area contributed by atoms with Crippen molar-refractivity contribution in [3.8, 4) is 5.75 Å². The van der Waals surface area contributed by atoms with Crippen LogP contribution in [0.2, 0.25) is 5.02 Å². The maximum Gasteiger partial charge on any atom is 0.268 e. The monoisotopic (exact) mass is 428 g/mol. The minimum absolute atomic E-state index is 0.00600. The molecular formula is C23H25ClN2O4. The van der Waals surface area contributed by atoms with E-state index in [1.807, 2.05) is 24.3 Å². The molecule has 2 unspecified atom stereocenters. The number of anilines is 1. The zero-order valence-electron chi connectivity index (χ0n) is 16.8. The number of rotatable bonds is 4. The number of ether oxygens (including phenoxy) is 1. The Bertz CT molecular complexity index is 925. The van der Waals surface area contributed by atoms with E-state index in [4.69, 9.17) is 16.3 Å². The summed E-state index contributed by atoms with van der Waals surface area (Å²) in [5.74, 6) is 0.393. The molecule has 2 aliphatic heterocycles. The van der Waals surface area contributed by atoms with E-state index in [1.165, 1.54) is 4.90 Å². The van der Waals surface area contributed by atoms with Gasteiger partial charge in [-0.2, -0.15) is 0 Å². The molecule has 2 amide bonds. The lowest BCUT2D eigenvalue weighted by Crippen LogP contribution is -2.51. The van der Waals surface area contributed by atoms with Gasteiger partial charge in [-0.3, -0.25) is 14.5 Å². The van der Waals surface area contributed by atoms with Crippen molar-refractivity contribution in [2.45, 2.75) is 32.0 Å². The van der Waals surface area contributed by atoms with Crippen molar-refractivity contribution < 1.29 is 19.4 Å². The molecule has 1 fully saturated rings. The van der Waals surface area contributed by atoms with Crippen LogP contribution in [0.25, 0.3) is 0 Å². The van der Waals surface area contributed by atoms with Gasteiger partial charge in [0.05, 0.1) is 11.8 Å². The third-order valence-electron chi connectivity index (χ3n) is 5.92. The van der Waals surface area contributed by atoms with Crippen LogP contribution in [0.15, 0.2) is 48.5 Å². The van der Waals surface area contributed by atoms with Gasteiger partial charge in [0.1, 0.15) is 12.3 Å². The van der Waals surface area contributed by atoms with E-state index >= 15 is 0 Å². The minimum atomic E-state index is -0.618. The van der Waals surface area contributed by atoms with E-state index in [9.17, 15) is 14.7 Å². The van der Waals surface area contributed by atoms with Gasteiger partial charge in [-0.25, -0.2) is 0 Å². The first-order chi connectivity index (χ1) is 14.4. The third-order valence-corrected chi connectivity index (χ3v) is 6.17. The maximum atomic E-state index is 12.9. The van der Waals surface area contributed by atoms with E-state index in [0.717, 1.165) is 5.56 Å². The molecule has 4 rings (SSSR count). The molecule has 30 heavy (non-hydrogen) atoms. The first-order valence-corrected chi connectivity index (χ1v) is 10.6. The van der Waals surface area contributed by atoms with Crippen molar-refractivity contribution in [1.29, 1.82) is 0 Å². The predicted molar refractivity (Wildman–Crippen MR) is 115 cm³/mol. The zero-order chi connectivity index (χ0) is 21.3. The van der Waals surface area contributed by atoms with E-state index < -0.39 is 12.2 Å². The van der Waals surface area contributed by atoms with Crippen molar-refractivity contribution in [3.05, 3.63) is 59.1 Å². The smallest absolute Gasteiger partial charge is 0.268 e. The van der Waals surface area contributed by atoms with Crippen LogP contribution >= 0.6 is 11.6 Å². The summed E-state index contributed by atoms with van der Waals surface area (Å²) in [5, 5.41) is 11.3. The molecule has 6 nitrogen and oxygen atoms in total. The number of carbonyl (C=O) groups is 2. The number of piperidine rings is 1. The molecule has 0 saturated carbocycles. The molecule has 2 aromatic carbocycles. The van der Waals surface area contributed by atoms with Gasteiger partial charge in [-0.15, -0.1) is 0 Å². The summed E-state index contributed by atoms with van der Waals surface area (Å²) in [7, 11) is 0. The van der Waals surface area contributed by atoms with Crippen LogP contribution < -0.4 is 9.64 Å². The number of carbonyl (C=O) groups excluding carboxylic acids is 2. The summed E-state index contributed by atoms with van der Waals surface area (Å²) in [5.41, 5.74) is 1.47. The van der Waals surface area contributed by atoms with Crippen LogP contribution in [-0.4, -0.2) is 47.6 Å². The van der Waals surface area contributed by atoms with Gasteiger partial charge in [-0.1, -0.05) is 35.9 Å². The van der Waals surface area contributed by atoms with Crippen LogP contribution in [0, 0.1) is 5.92 Å². The van der Waals surface area contributed by atoms with Gasteiger partial charge in [-0.05, 0) is 55.5 Å². The Morgan fingerprint density at radius 1 is 1.17 bits per heavy atom. The van der Waals surface area contributed by atoms with E-state index in [2.05, 4.69) is 0 Å². The summed E-state index contributed by atoms with van der Waals surface area (Å²) in [6.07, 6.45) is 0.222. The molecule has 2 atom stereocenters. The van der Waals surface area contributed by atoms with Crippen LogP contribution in [0.4, 0.5) is 5.69 Å². The average molecular weight is 429 g/mol. The highest BCUT2D eigenvalue weighted by Crippen LogP contribution is 2.34. The first-order valence-electron chi connectivity index (χ1n) is 10.2. The fourth-order valence-electron chi connectivity index (χ4n) is 4.15. The van der Waals surface area contributed by atoms with Crippen LogP contribution in [0.3, 0.4) is 0 Å². The molecule has 1 saturated heterocycles. The number of para-hydroxylation sites is 2. The number of amides is 2. The Kier molecular flexibility index (Phi) is 5.97. The average Bonchev–Trinajstić information content (AvgIpc) is 2.77. The second-order valence-electron chi connectivity index (χ2n) is 7.87. The molecule has 158 valence electrons. The molecule has 0 aliphatic carbocycles. The molecule has 7 heteroatoms. The fourth-order valence-corrected chi connectivity index (χ4v) is 4.28. The number of nitrogens with zero attached hydrogens (tertiary/aromatic N) is 2. The Labute approximate surface area is 181 Å². The lowest BCUT2D eigenvalue weighted by atomic mass is 9.87. The number of hydrogen-bond acceptors (Lipinski definition) is 4. The highest BCUT2D eigenvalue weighted by atomic mass is 35.5. The topological polar surface area (TPSA) is 70.1 Å². The molecule has 2 heterocycles. The molecular weight excluding hydrogens is 404 g/mol. The minimum Gasteiger partial charge on any atom is -0.479 e. The SMILES string of the molecule is CC1Oc2ccccc2N(CC(=O)N2CCC(C(O)c3ccc(Cl)cc3)CC2)C1=O. The fraction of sp³-hybridized carbons (Fsp3) is 0.391. The quantitative estimate of drug-likeness (QED) is 0.810. The number of halogens is 1. The summed E-state index contributed by atoms with van der Waals surface area (Å²) in [6.45, 7) is 2.81. The molecule has 0 aromatic heterocycles. The van der Waals surface area contributed by atoms with Gasteiger partial charge in [0.2, 0.25) is 5.91 Å². The van der Waals surface area contributed by atoms with Crippen molar-refractivity contribution >= 4 is 29.1 Å². The van der Waals surface area contributed by atoms with Crippen molar-refractivity contribution in [2.75, 3.05) is 24.5 Å². The molecule has 0 spiro atoms. The third kappa shape index (κ3) is 4.16. The van der Waals surface area contributed by atoms with Gasteiger partial charge >= 0.3 is 0 Å². The van der Waals surface area contributed by atoms with Crippen molar-refractivity contribution in [2.24, 2.45) is 5.92 Å². The largest absolute Gasteiger partial charge is 0.479 e. The second-order valence-corrected chi connectivity index (χ2v) is 8.30. The van der Waals surface area contributed by atoms with Crippen molar-refractivity contribution in [1.82, 2.24) is 4.90 Å². The lowest BCUT2D eigenvalue weighted by molar-refractivity contribution is -0.134. The lowest BCUT2D eigenvalue weighted by Gasteiger charge is -2.37. The molecule has 0 bridgehead atoms. The Morgan fingerprint density at radius 2 is 1.83 bits per heavy atom. The Morgan fingerprint density at radius 3 is 2.53 bits per heavy atom. The number of fused-ring (bicyclic) bond motifs is 1. The highest BCUT2D eigenvalue weighted by Gasteiger charge is 2.35. The summed E-state index contributed by atoms with van der Waals surface area (Å²) >= 11 is 5.93. The Hall–Kier alpha value is -2.57. The van der Waals surface area contributed by atoms with Gasteiger partial charge in [0, 0.05) is 18.1 Å². The normalized spacial score (nSPS) is 20.5. The van der Waals surface area contributed by atoms with Gasteiger partial charge in [0.25, 0.3) is 5.91 Å². The van der Waals surface area contributed by atoms with E-state index in [1.54, 1.807) is 36.1 Å². The molecule has 1 N–H and O–H groups in total. The van der Waals surface area contributed by atoms with Crippen LogP contribution in [-0.2, 0) is 9.59 Å². The zero-order valence-corrected chi connectivity index (χ0v) is 17.6. The van der Waals surface area contributed by atoms with E-state index in [0.29, 0.717) is 42.4 Å². The Balaban J connectivity index is 1.38. The summed E-state index contributed by atoms with van der Waals surface area (Å²) in [6, 6.07) is 14.5.